The lowest BCUT2D eigenvalue weighted by molar-refractivity contribution is -0.144. The molecule has 2 heterocycles. The van der Waals surface area contributed by atoms with Gasteiger partial charge in [0.1, 0.15) is 5.69 Å². The van der Waals surface area contributed by atoms with Crippen LogP contribution in [-0.4, -0.2) is 44.2 Å². The van der Waals surface area contributed by atoms with E-state index in [4.69, 9.17) is 0 Å². The van der Waals surface area contributed by atoms with Crippen LogP contribution in [-0.2, 0) is 34.6 Å². The number of aromatic nitrogens is 3. The molecule has 0 atom stereocenters. The Bertz CT molecular complexity index is 1530. The summed E-state index contributed by atoms with van der Waals surface area (Å²) in [5, 5.41) is 0.350. The summed E-state index contributed by atoms with van der Waals surface area (Å²) in [5.74, 6) is -0.846. The van der Waals surface area contributed by atoms with Crippen molar-refractivity contribution < 1.29 is 26.4 Å². The largest absolute Gasteiger partial charge is 0.431 e. The highest BCUT2D eigenvalue weighted by Gasteiger charge is 2.35. The summed E-state index contributed by atoms with van der Waals surface area (Å²) in [6.45, 7) is 6.69. The van der Waals surface area contributed by atoms with E-state index in [0.29, 0.717) is 25.3 Å². The van der Waals surface area contributed by atoms with Gasteiger partial charge < -0.3 is 0 Å². The van der Waals surface area contributed by atoms with Crippen molar-refractivity contribution in [2.45, 2.75) is 52.4 Å². The number of amides is 1. The molecule has 0 aliphatic rings. The number of alkyl halides is 3. The van der Waals surface area contributed by atoms with Gasteiger partial charge in [-0.2, -0.15) is 30.3 Å². The zero-order valence-electron chi connectivity index (χ0n) is 20.0. The molecule has 15 heteroatoms. The Balaban J connectivity index is 1.99. The van der Waals surface area contributed by atoms with Crippen LogP contribution in [0.4, 0.5) is 13.2 Å². The van der Waals surface area contributed by atoms with E-state index in [1.54, 1.807) is 27.7 Å². The minimum absolute atomic E-state index is 0.0258. The Morgan fingerprint density at radius 1 is 1.14 bits per heavy atom. The number of nitrogens with one attached hydrogen (secondary N) is 1. The normalized spacial score (nSPS) is 12.8. The second-order valence-corrected chi connectivity index (χ2v) is 11.0. The Morgan fingerprint density at radius 3 is 2.31 bits per heavy atom. The van der Waals surface area contributed by atoms with Crippen LogP contribution in [0.5, 0.6) is 0 Å². The maximum Gasteiger partial charge on any atom is 0.431 e. The van der Waals surface area contributed by atoms with Crippen LogP contribution >= 0.6 is 11.5 Å². The highest BCUT2D eigenvalue weighted by Crippen LogP contribution is 2.28. The van der Waals surface area contributed by atoms with Gasteiger partial charge in [0, 0.05) is 30.6 Å². The van der Waals surface area contributed by atoms with Gasteiger partial charge in [-0.15, -0.1) is 0 Å². The molecule has 10 nitrogen and oxygen atoms in total. The van der Waals surface area contributed by atoms with Crippen molar-refractivity contribution in [2.24, 2.45) is 7.05 Å². The first-order valence-corrected chi connectivity index (χ1v) is 12.9. The van der Waals surface area contributed by atoms with Gasteiger partial charge in [0.15, 0.2) is 0 Å². The molecule has 3 aromatic rings. The van der Waals surface area contributed by atoms with Crippen LogP contribution < -0.4 is 16.0 Å². The molecule has 0 unspecified atom stereocenters. The van der Waals surface area contributed by atoms with Crippen LogP contribution in [0.2, 0.25) is 0 Å². The molecule has 0 spiro atoms. The average molecular weight is 548 g/mol. The van der Waals surface area contributed by atoms with Crippen LogP contribution in [0.25, 0.3) is 15.8 Å². The number of hydrogen-bond acceptors (Lipinski definition) is 7. The maximum atomic E-state index is 13.1. The smallest absolute Gasteiger partial charge is 0.292 e. The van der Waals surface area contributed by atoms with Gasteiger partial charge in [-0.3, -0.25) is 14.2 Å². The SMILES string of the molecule is CC(C)N(C(C)C)S(=O)(=O)NC(=O)Cc1nsc2ccc(-n3c(=O)cc(C(F)(F)F)n(C)c3=O)cc12. The van der Waals surface area contributed by atoms with E-state index >= 15 is 0 Å². The van der Waals surface area contributed by atoms with Crippen LogP contribution in [0, 0.1) is 0 Å². The van der Waals surface area contributed by atoms with E-state index in [1.165, 1.54) is 18.2 Å². The number of nitrogens with zero attached hydrogens (tertiary/aromatic N) is 4. The van der Waals surface area contributed by atoms with Crippen molar-refractivity contribution in [2.75, 3.05) is 0 Å². The van der Waals surface area contributed by atoms with Gasteiger partial charge in [0.2, 0.25) is 5.91 Å². The minimum atomic E-state index is -4.89. The lowest BCUT2D eigenvalue weighted by Crippen LogP contribution is -2.50. The minimum Gasteiger partial charge on any atom is -0.292 e. The molecule has 2 aromatic heterocycles. The highest BCUT2D eigenvalue weighted by atomic mass is 32.2. The van der Waals surface area contributed by atoms with Crippen molar-refractivity contribution in [3.8, 4) is 5.69 Å². The number of hydrogen-bond donors (Lipinski definition) is 1. The molecule has 36 heavy (non-hydrogen) atoms. The molecule has 0 saturated carbocycles. The third-order valence-electron chi connectivity index (χ3n) is 5.26. The molecule has 0 bridgehead atoms. The number of rotatable bonds is 7. The molecule has 0 saturated heterocycles. The summed E-state index contributed by atoms with van der Waals surface area (Å²) >= 11 is 1.00. The van der Waals surface area contributed by atoms with E-state index < -0.39 is 57.7 Å². The first kappa shape index (κ1) is 27.5. The molecule has 0 aliphatic heterocycles. The van der Waals surface area contributed by atoms with Crippen LogP contribution in [0.3, 0.4) is 0 Å². The van der Waals surface area contributed by atoms with Gasteiger partial charge in [-0.05, 0) is 57.4 Å². The van der Waals surface area contributed by atoms with Gasteiger partial charge in [-0.25, -0.2) is 14.1 Å². The number of fused-ring (bicyclic) bond motifs is 1. The van der Waals surface area contributed by atoms with Crippen molar-refractivity contribution in [1.82, 2.24) is 22.5 Å². The Hall–Kier alpha value is -3.04. The first-order chi connectivity index (χ1) is 16.5. The molecule has 3 rings (SSSR count). The molecule has 1 amide bonds. The van der Waals surface area contributed by atoms with Gasteiger partial charge >= 0.3 is 22.1 Å². The first-order valence-electron chi connectivity index (χ1n) is 10.7. The van der Waals surface area contributed by atoms with Crippen LogP contribution in [0.1, 0.15) is 39.1 Å². The average Bonchev–Trinajstić information content (AvgIpc) is 3.10. The van der Waals surface area contributed by atoms with Gasteiger partial charge in [-0.1, -0.05) is 0 Å². The third-order valence-corrected chi connectivity index (χ3v) is 8.01. The topological polar surface area (TPSA) is 123 Å². The molecular weight excluding hydrogens is 523 g/mol. The van der Waals surface area contributed by atoms with Crippen molar-refractivity contribution in [3.05, 3.63) is 56.5 Å². The Morgan fingerprint density at radius 2 is 1.75 bits per heavy atom. The monoisotopic (exact) mass is 547 g/mol. The van der Waals surface area contributed by atoms with Gasteiger partial charge in [0.25, 0.3) is 5.56 Å². The molecule has 0 radical (unpaired) electrons. The molecule has 0 fully saturated rings. The Kier molecular flexibility index (Phi) is 7.49. The van der Waals surface area contributed by atoms with E-state index in [2.05, 4.69) is 4.37 Å². The summed E-state index contributed by atoms with van der Waals surface area (Å²) in [4.78, 5) is 37.6. The van der Waals surface area contributed by atoms with E-state index in [9.17, 15) is 36.0 Å². The number of halogens is 3. The summed E-state index contributed by atoms with van der Waals surface area (Å²) in [7, 11) is -3.23. The fourth-order valence-electron chi connectivity index (χ4n) is 3.91. The predicted octanol–water partition coefficient (Wildman–Crippen LogP) is 2.19. The summed E-state index contributed by atoms with van der Waals surface area (Å²) in [5.41, 5.74) is -3.61. The summed E-state index contributed by atoms with van der Waals surface area (Å²) in [6, 6.07) is 3.74. The van der Waals surface area contributed by atoms with E-state index in [-0.39, 0.29) is 11.4 Å². The molecule has 1 N–H and O–H groups in total. The summed E-state index contributed by atoms with van der Waals surface area (Å²) in [6.07, 6.45) is -5.32. The number of carbonyl (C=O) groups excluding carboxylic acids is 1. The fraction of sp³-hybridized carbons (Fsp3) is 0.429. The third kappa shape index (κ3) is 5.37. The molecule has 1 aromatic carbocycles. The lowest BCUT2D eigenvalue weighted by Gasteiger charge is -2.29. The zero-order chi connectivity index (χ0) is 27.2. The number of carbonyl (C=O) groups is 1. The van der Waals surface area contributed by atoms with Crippen molar-refractivity contribution in [3.63, 3.8) is 0 Å². The molecule has 0 aliphatic carbocycles. The Labute approximate surface area is 208 Å². The van der Waals surface area contributed by atoms with Crippen LogP contribution in [0.15, 0.2) is 33.9 Å². The number of benzene rings is 1. The summed E-state index contributed by atoms with van der Waals surface area (Å²) < 4.78 is 73.6. The van der Waals surface area contributed by atoms with E-state index in [1.807, 2.05) is 4.72 Å². The van der Waals surface area contributed by atoms with Gasteiger partial charge in [0.05, 0.1) is 22.5 Å². The zero-order valence-corrected chi connectivity index (χ0v) is 21.6. The van der Waals surface area contributed by atoms with E-state index in [0.717, 1.165) is 22.9 Å². The van der Waals surface area contributed by atoms with Crippen molar-refractivity contribution in [1.29, 1.82) is 0 Å². The quantitative estimate of drug-likeness (QED) is 0.484. The molecular formula is C21H24F3N5O5S2. The highest BCUT2D eigenvalue weighted by molar-refractivity contribution is 7.87. The maximum absolute atomic E-state index is 13.1. The van der Waals surface area contributed by atoms with Crippen molar-refractivity contribution >= 4 is 37.7 Å². The second-order valence-electron chi connectivity index (χ2n) is 8.58. The lowest BCUT2D eigenvalue weighted by atomic mass is 10.1. The standard InChI is InChI=1S/C21H24F3N5O5S2/c1-11(2)29(12(3)4)36(33,34)26-18(30)9-15-14-8-13(6-7-16(14)35-25-15)28-19(31)10-17(21(22,23)24)27(5)20(28)32/h6-8,10-12H,9H2,1-5H3,(H,26,30). The molecule has 196 valence electrons. The predicted molar refractivity (Wildman–Crippen MR) is 128 cm³/mol. The second kappa shape index (κ2) is 9.78. The fourth-order valence-corrected chi connectivity index (χ4v) is 6.27.